The van der Waals surface area contributed by atoms with Crippen LogP contribution in [0.2, 0.25) is 0 Å². The van der Waals surface area contributed by atoms with E-state index < -0.39 is 10.6 Å². The van der Waals surface area contributed by atoms with E-state index in [0.29, 0.717) is 39.1 Å². The van der Waals surface area contributed by atoms with E-state index >= 15 is 0 Å². The van der Waals surface area contributed by atoms with Crippen molar-refractivity contribution < 1.29 is 18.4 Å². The van der Waals surface area contributed by atoms with Crippen molar-refractivity contribution >= 4 is 23.6 Å². The molecule has 2 aliphatic heterocycles. The number of carbonyl (C=O) groups excluding carboxylic acids is 2. The van der Waals surface area contributed by atoms with Gasteiger partial charge in [-0.2, -0.15) is 10.2 Å². The number of thioether (sulfide) groups is 1. The summed E-state index contributed by atoms with van der Waals surface area (Å²) in [5.74, 6) is -1.33. The lowest BCUT2D eigenvalue weighted by Gasteiger charge is -2.38. The second-order valence-electron chi connectivity index (χ2n) is 10.3. The molecule has 0 aromatic heterocycles. The van der Waals surface area contributed by atoms with Crippen LogP contribution in [0.1, 0.15) is 46.9 Å². The molecule has 9 heteroatoms. The van der Waals surface area contributed by atoms with Crippen LogP contribution in [0, 0.1) is 11.6 Å². The van der Waals surface area contributed by atoms with Gasteiger partial charge in [-0.25, -0.2) is 8.78 Å². The van der Waals surface area contributed by atoms with Crippen LogP contribution in [0.25, 0.3) is 0 Å². The van der Waals surface area contributed by atoms with E-state index in [9.17, 15) is 18.4 Å². The molecule has 5 rings (SSSR count). The number of amides is 2. The molecular formula is C30H30F2N4O2S. The van der Waals surface area contributed by atoms with E-state index in [2.05, 4.69) is 10.2 Å². The van der Waals surface area contributed by atoms with Gasteiger partial charge in [0.15, 0.2) is 0 Å². The highest BCUT2D eigenvalue weighted by Crippen LogP contribution is 2.35. The van der Waals surface area contributed by atoms with Gasteiger partial charge in [0, 0.05) is 37.5 Å². The monoisotopic (exact) mass is 548 g/mol. The fourth-order valence-corrected chi connectivity index (χ4v) is 6.10. The molecule has 39 heavy (non-hydrogen) atoms. The molecule has 0 aliphatic carbocycles. The van der Waals surface area contributed by atoms with Gasteiger partial charge in [-0.05, 0) is 66.9 Å². The van der Waals surface area contributed by atoms with Crippen LogP contribution in [0.5, 0.6) is 0 Å². The Morgan fingerprint density at radius 2 is 1.64 bits per heavy atom. The Labute approximate surface area is 231 Å². The maximum atomic E-state index is 14.8. The summed E-state index contributed by atoms with van der Waals surface area (Å²) in [6.45, 7) is 5.58. The normalized spacial score (nSPS) is 17.2. The molecule has 2 aliphatic rings. The number of halogens is 2. The van der Waals surface area contributed by atoms with Crippen LogP contribution in [-0.4, -0.2) is 52.5 Å². The molecule has 1 fully saturated rings. The molecule has 3 aromatic carbocycles. The predicted molar refractivity (Wildman–Crippen MR) is 147 cm³/mol. The Morgan fingerprint density at radius 1 is 0.949 bits per heavy atom. The summed E-state index contributed by atoms with van der Waals surface area (Å²) in [7, 11) is 0. The predicted octanol–water partition coefficient (Wildman–Crippen LogP) is 6.07. The lowest BCUT2D eigenvalue weighted by atomic mass is 9.93. The van der Waals surface area contributed by atoms with Crippen LogP contribution in [0.4, 0.5) is 8.78 Å². The first-order valence-electron chi connectivity index (χ1n) is 13.0. The summed E-state index contributed by atoms with van der Waals surface area (Å²) >= 11 is 1.37. The second kappa shape index (κ2) is 11.3. The Kier molecular flexibility index (Phi) is 7.79. The number of carbonyl (C=O) groups is 2. The number of fused-ring (bicyclic) bond motifs is 1. The first-order valence-corrected chi connectivity index (χ1v) is 13.8. The summed E-state index contributed by atoms with van der Waals surface area (Å²) in [6.07, 6.45) is 0.518. The fraction of sp³-hybridized carbons (Fsp3) is 0.333. The van der Waals surface area contributed by atoms with Crippen molar-refractivity contribution in [2.75, 3.05) is 26.2 Å². The Hall–Kier alpha value is -3.59. The molecule has 1 atom stereocenters. The van der Waals surface area contributed by atoms with Crippen molar-refractivity contribution in [1.29, 1.82) is 0 Å². The summed E-state index contributed by atoms with van der Waals surface area (Å²) < 4.78 is 27.3. The first kappa shape index (κ1) is 27.0. The number of benzene rings is 3. The standard InChI is InChI=1S/C30H30F2N4O2S/c1-30(2,39-23-10-8-22(31)9-11-23)29(38)36-15-13-35(14-16-36)28(37)25-17-20(7-12-26(25)32)18-27-24-6-4-3-5-21(24)19-33-34-27/h3-12,17,27H,13-16,18-19H2,1-2H3. The van der Waals surface area contributed by atoms with Gasteiger partial charge in [0.25, 0.3) is 5.91 Å². The zero-order valence-electron chi connectivity index (χ0n) is 21.9. The topological polar surface area (TPSA) is 65.3 Å². The maximum absolute atomic E-state index is 14.8. The SMILES string of the molecule is CC(C)(Sc1ccc(F)cc1)C(=O)N1CCN(C(=O)c2cc(CC3N=NCc4ccccc43)ccc2F)CC1. The molecule has 0 bridgehead atoms. The number of rotatable bonds is 6. The zero-order valence-corrected chi connectivity index (χ0v) is 22.8. The van der Waals surface area contributed by atoms with Gasteiger partial charge in [0.05, 0.1) is 16.9 Å². The Balaban J connectivity index is 1.22. The van der Waals surface area contributed by atoms with Crippen molar-refractivity contribution in [2.24, 2.45) is 10.2 Å². The lowest BCUT2D eigenvalue weighted by Crippen LogP contribution is -2.54. The molecule has 1 saturated heterocycles. The van der Waals surface area contributed by atoms with E-state index in [1.165, 1.54) is 30.0 Å². The van der Waals surface area contributed by atoms with Crippen LogP contribution >= 0.6 is 11.8 Å². The Morgan fingerprint density at radius 3 is 2.38 bits per heavy atom. The maximum Gasteiger partial charge on any atom is 0.256 e. The summed E-state index contributed by atoms with van der Waals surface area (Å²) in [6, 6.07) is 18.6. The minimum Gasteiger partial charge on any atom is -0.338 e. The van der Waals surface area contributed by atoms with Crippen LogP contribution in [0.15, 0.2) is 81.9 Å². The molecule has 0 N–H and O–H groups in total. The van der Waals surface area contributed by atoms with Gasteiger partial charge in [-0.1, -0.05) is 30.3 Å². The molecule has 3 aromatic rings. The number of piperazine rings is 1. The number of nitrogens with zero attached hydrogens (tertiary/aromatic N) is 4. The second-order valence-corrected chi connectivity index (χ2v) is 12.0. The molecular weight excluding hydrogens is 518 g/mol. The molecule has 6 nitrogen and oxygen atoms in total. The fourth-order valence-electron chi connectivity index (χ4n) is 5.02. The highest BCUT2D eigenvalue weighted by Gasteiger charge is 2.36. The molecule has 202 valence electrons. The van der Waals surface area contributed by atoms with Gasteiger partial charge in [-0.15, -0.1) is 11.8 Å². The van der Waals surface area contributed by atoms with Crippen molar-refractivity contribution in [3.63, 3.8) is 0 Å². The third kappa shape index (κ3) is 6.03. The number of hydrogen-bond donors (Lipinski definition) is 0. The van der Waals surface area contributed by atoms with Crippen molar-refractivity contribution in [3.8, 4) is 0 Å². The van der Waals surface area contributed by atoms with Crippen LogP contribution in [0.3, 0.4) is 0 Å². The van der Waals surface area contributed by atoms with Gasteiger partial charge < -0.3 is 9.80 Å². The third-order valence-corrected chi connectivity index (χ3v) is 8.31. The van der Waals surface area contributed by atoms with Crippen molar-refractivity contribution in [1.82, 2.24) is 9.80 Å². The van der Waals surface area contributed by atoms with Gasteiger partial charge in [-0.3, -0.25) is 9.59 Å². The summed E-state index contributed by atoms with van der Waals surface area (Å²) in [5.41, 5.74) is 3.07. The molecule has 2 amide bonds. The van der Waals surface area contributed by atoms with E-state index in [1.807, 2.05) is 38.1 Å². The zero-order chi connectivity index (χ0) is 27.6. The quantitative estimate of drug-likeness (QED) is 0.351. The van der Waals surface area contributed by atoms with Crippen molar-refractivity contribution in [3.05, 3.63) is 101 Å². The number of hydrogen-bond acceptors (Lipinski definition) is 5. The summed E-state index contributed by atoms with van der Waals surface area (Å²) in [4.78, 5) is 30.7. The minimum absolute atomic E-state index is 0.0282. The van der Waals surface area contributed by atoms with E-state index in [-0.39, 0.29) is 29.2 Å². The first-order chi connectivity index (χ1) is 18.7. The highest BCUT2D eigenvalue weighted by molar-refractivity contribution is 8.01. The number of azo groups is 1. The van der Waals surface area contributed by atoms with Crippen LogP contribution < -0.4 is 0 Å². The van der Waals surface area contributed by atoms with Gasteiger partial charge in [0.2, 0.25) is 5.91 Å². The van der Waals surface area contributed by atoms with E-state index in [1.54, 1.807) is 34.1 Å². The van der Waals surface area contributed by atoms with Gasteiger partial charge in [0.1, 0.15) is 17.7 Å². The molecule has 0 radical (unpaired) electrons. The Bertz CT molecular complexity index is 1400. The average molecular weight is 549 g/mol. The van der Waals surface area contributed by atoms with E-state index in [0.717, 1.165) is 21.6 Å². The molecule has 2 heterocycles. The molecule has 0 saturated carbocycles. The largest absolute Gasteiger partial charge is 0.338 e. The lowest BCUT2D eigenvalue weighted by molar-refractivity contribution is -0.134. The summed E-state index contributed by atoms with van der Waals surface area (Å²) in [5, 5.41) is 8.64. The smallest absolute Gasteiger partial charge is 0.256 e. The highest BCUT2D eigenvalue weighted by atomic mass is 32.2. The van der Waals surface area contributed by atoms with Gasteiger partial charge >= 0.3 is 0 Å². The van der Waals surface area contributed by atoms with Crippen LogP contribution in [-0.2, 0) is 17.8 Å². The van der Waals surface area contributed by atoms with Crippen molar-refractivity contribution in [2.45, 2.75) is 42.5 Å². The minimum atomic E-state index is -0.764. The molecule has 1 unspecified atom stereocenters. The third-order valence-electron chi connectivity index (χ3n) is 7.12. The van der Waals surface area contributed by atoms with E-state index in [4.69, 9.17) is 0 Å². The molecule has 0 spiro atoms. The average Bonchev–Trinajstić information content (AvgIpc) is 2.95.